The standard InChI is InChI=1S/C29H37FN4O3/c1-2-3-4-8-11-27(36)32-18-16-29(17-19-32)28(37)33(22-34(29)25-9-6-5-7-10-25)21-26(35)31-20-23-12-14-24(30)15-13-23/h5-7,9-10,12-15H,2-4,8,11,16-22H2,1H3,(H,31,35). The summed E-state index contributed by atoms with van der Waals surface area (Å²) in [5.41, 5.74) is 0.957. The van der Waals surface area contributed by atoms with E-state index in [2.05, 4.69) is 17.1 Å². The van der Waals surface area contributed by atoms with Crippen molar-refractivity contribution >= 4 is 23.4 Å². The first kappa shape index (κ1) is 26.6. The number of rotatable bonds is 10. The number of para-hydroxylation sites is 1. The molecule has 2 aromatic carbocycles. The molecule has 2 fully saturated rings. The number of anilines is 1. The van der Waals surface area contributed by atoms with Crippen molar-refractivity contribution in [2.75, 3.05) is 31.2 Å². The van der Waals surface area contributed by atoms with Crippen LogP contribution in [0.25, 0.3) is 0 Å². The second kappa shape index (κ2) is 12.2. The van der Waals surface area contributed by atoms with Gasteiger partial charge in [-0.1, -0.05) is 56.5 Å². The van der Waals surface area contributed by atoms with Crippen molar-refractivity contribution < 1.29 is 18.8 Å². The van der Waals surface area contributed by atoms with E-state index in [1.54, 1.807) is 17.0 Å². The van der Waals surface area contributed by atoms with Gasteiger partial charge in [0.05, 0.1) is 6.67 Å². The van der Waals surface area contributed by atoms with Crippen molar-refractivity contribution in [2.24, 2.45) is 0 Å². The number of likely N-dealkylation sites (tertiary alicyclic amines) is 1. The number of piperidine rings is 1. The number of hydrogen-bond donors (Lipinski definition) is 1. The van der Waals surface area contributed by atoms with Crippen molar-refractivity contribution in [1.29, 1.82) is 0 Å². The van der Waals surface area contributed by atoms with Crippen LogP contribution in [0.5, 0.6) is 0 Å². The zero-order chi connectivity index (χ0) is 26.3. The molecular formula is C29H37FN4O3. The lowest BCUT2D eigenvalue weighted by atomic mass is 9.85. The largest absolute Gasteiger partial charge is 0.350 e. The molecule has 0 unspecified atom stereocenters. The molecule has 0 radical (unpaired) electrons. The van der Waals surface area contributed by atoms with Gasteiger partial charge >= 0.3 is 0 Å². The van der Waals surface area contributed by atoms with Gasteiger partial charge in [-0.2, -0.15) is 0 Å². The number of amides is 3. The van der Waals surface area contributed by atoms with E-state index in [1.165, 1.54) is 12.1 Å². The summed E-state index contributed by atoms with van der Waals surface area (Å²) < 4.78 is 13.1. The van der Waals surface area contributed by atoms with Gasteiger partial charge in [-0.15, -0.1) is 0 Å². The first-order valence-electron chi connectivity index (χ1n) is 13.3. The molecule has 3 amide bonds. The Morgan fingerprint density at radius 3 is 2.35 bits per heavy atom. The fourth-order valence-corrected chi connectivity index (χ4v) is 5.34. The van der Waals surface area contributed by atoms with Crippen LogP contribution in [0, 0.1) is 5.82 Å². The van der Waals surface area contributed by atoms with Crippen LogP contribution in [0.1, 0.15) is 57.4 Å². The van der Waals surface area contributed by atoms with Gasteiger partial charge < -0.3 is 20.0 Å². The third-order valence-electron chi connectivity index (χ3n) is 7.51. The van der Waals surface area contributed by atoms with Crippen LogP contribution in [-0.2, 0) is 20.9 Å². The zero-order valence-electron chi connectivity index (χ0n) is 21.6. The molecule has 0 aliphatic carbocycles. The van der Waals surface area contributed by atoms with E-state index in [1.807, 2.05) is 35.2 Å². The fourth-order valence-electron chi connectivity index (χ4n) is 5.34. The smallest absolute Gasteiger partial charge is 0.250 e. The predicted molar refractivity (Wildman–Crippen MR) is 141 cm³/mol. The number of benzene rings is 2. The Hall–Kier alpha value is -3.42. The molecule has 2 aromatic rings. The third kappa shape index (κ3) is 6.29. The molecule has 1 spiro atoms. The molecule has 2 aliphatic rings. The molecular weight excluding hydrogens is 471 g/mol. The van der Waals surface area contributed by atoms with Crippen LogP contribution in [0.15, 0.2) is 54.6 Å². The maximum absolute atomic E-state index is 13.8. The number of nitrogens with one attached hydrogen (secondary N) is 1. The Kier molecular flexibility index (Phi) is 8.79. The topological polar surface area (TPSA) is 73.0 Å². The third-order valence-corrected chi connectivity index (χ3v) is 7.51. The van der Waals surface area contributed by atoms with E-state index in [0.717, 1.165) is 36.9 Å². The number of unbranched alkanes of at least 4 members (excludes halogenated alkanes) is 3. The average molecular weight is 509 g/mol. The van der Waals surface area contributed by atoms with Gasteiger partial charge in [0.15, 0.2) is 0 Å². The van der Waals surface area contributed by atoms with Crippen LogP contribution in [0.3, 0.4) is 0 Å². The maximum Gasteiger partial charge on any atom is 0.250 e. The summed E-state index contributed by atoms with van der Waals surface area (Å²) in [4.78, 5) is 44.9. The van der Waals surface area contributed by atoms with E-state index in [-0.39, 0.29) is 36.6 Å². The summed E-state index contributed by atoms with van der Waals surface area (Å²) in [6, 6.07) is 15.8. The summed E-state index contributed by atoms with van der Waals surface area (Å²) in [7, 11) is 0. The Morgan fingerprint density at radius 1 is 0.973 bits per heavy atom. The molecule has 2 saturated heterocycles. The van der Waals surface area contributed by atoms with Gasteiger partial charge in [0.25, 0.3) is 5.91 Å². The quantitative estimate of drug-likeness (QED) is 0.491. The number of carbonyl (C=O) groups is 3. The van der Waals surface area contributed by atoms with Crippen LogP contribution in [-0.4, -0.2) is 59.4 Å². The van der Waals surface area contributed by atoms with E-state index >= 15 is 0 Å². The first-order chi connectivity index (χ1) is 17.9. The second-order valence-corrected chi connectivity index (χ2v) is 10.0. The van der Waals surface area contributed by atoms with Gasteiger partial charge in [-0.05, 0) is 49.1 Å². The average Bonchev–Trinajstić information content (AvgIpc) is 3.17. The molecule has 8 heteroatoms. The van der Waals surface area contributed by atoms with Gasteiger partial charge in [-0.25, -0.2) is 4.39 Å². The molecule has 0 aromatic heterocycles. The Balaban J connectivity index is 1.41. The molecule has 0 atom stereocenters. The van der Waals surface area contributed by atoms with E-state index in [4.69, 9.17) is 0 Å². The van der Waals surface area contributed by atoms with Crippen molar-refractivity contribution in [3.8, 4) is 0 Å². The minimum Gasteiger partial charge on any atom is -0.350 e. The SMILES string of the molecule is CCCCCCC(=O)N1CCC2(CC1)C(=O)N(CC(=O)NCc1ccc(F)cc1)CN2c1ccccc1. The molecule has 2 aliphatic heterocycles. The lowest BCUT2D eigenvalue weighted by molar-refractivity contribution is -0.140. The van der Waals surface area contributed by atoms with Gasteiger partial charge in [0.1, 0.15) is 17.9 Å². The van der Waals surface area contributed by atoms with Crippen LogP contribution < -0.4 is 10.2 Å². The number of halogens is 1. The van der Waals surface area contributed by atoms with Crippen molar-refractivity contribution in [2.45, 2.75) is 64.0 Å². The van der Waals surface area contributed by atoms with Gasteiger partial charge in [-0.3, -0.25) is 14.4 Å². The van der Waals surface area contributed by atoms with E-state index in [0.29, 0.717) is 39.0 Å². The maximum atomic E-state index is 13.8. The highest BCUT2D eigenvalue weighted by Crippen LogP contribution is 2.39. The molecule has 2 heterocycles. The Labute approximate surface area is 218 Å². The van der Waals surface area contributed by atoms with Gasteiger partial charge in [0.2, 0.25) is 11.8 Å². The summed E-state index contributed by atoms with van der Waals surface area (Å²) in [5.74, 6) is -0.487. The zero-order valence-corrected chi connectivity index (χ0v) is 21.6. The van der Waals surface area contributed by atoms with Crippen LogP contribution in [0.2, 0.25) is 0 Å². The summed E-state index contributed by atoms with van der Waals surface area (Å²) in [6.45, 7) is 3.76. The predicted octanol–water partition coefficient (Wildman–Crippen LogP) is 4.08. The minimum atomic E-state index is -0.766. The molecule has 7 nitrogen and oxygen atoms in total. The number of nitrogens with zero attached hydrogens (tertiary/aromatic N) is 3. The lowest BCUT2D eigenvalue weighted by Crippen LogP contribution is -2.57. The highest BCUT2D eigenvalue weighted by atomic mass is 19.1. The normalized spacial score (nSPS) is 16.9. The van der Waals surface area contributed by atoms with Crippen LogP contribution in [0.4, 0.5) is 10.1 Å². The Bertz CT molecular complexity index is 1070. The fraction of sp³-hybridized carbons (Fsp3) is 0.483. The molecule has 0 bridgehead atoms. The number of carbonyl (C=O) groups excluding carboxylic acids is 3. The first-order valence-corrected chi connectivity index (χ1v) is 13.3. The van der Waals surface area contributed by atoms with Crippen molar-refractivity contribution in [3.63, 3.8) is 0 Å². The van der Waals surface area contributed by atoms with Crippen LogP contribution >= 0.6 is 0 Å². The monoisotopic (exact) mass is 508 g/mol. The summed E-state index contributed by atoms with van der Waals surface area (Å²) in [5, 5.41) is 2.84. The number of hydrogen-bond acceptors (Lipinski definition) is 4. The Morgan fingerprint density at radius 2 is 1.68 bits per heavy atom. The lowest BCUT2D eigenvalue weighted by Gasteiger charge is -2.43. The van der Waals surface area contributed by atoms with E-state index in [9.17, 15) is 18.8 Å². The van der Waals surface area contributed by atoms with Crippen molar-refractivity contribution in [1.82, 2.24) is 15.1 Å². The van der Waals surface area contributed by atoms with Crippen molar-refractivity contribution in [3.05, 3.63) is 66.0 Å². The highest BCUT2D eigenvalue weighted by molar-refractivity contribution is 5.96. The second-order valence-electron chi connectivity index (χ2n) is 10.0. The minimum absolute atomic E-state index is 0.0504. The van der Waals surface area contributed by atoms with E-state index < -0.39 is 5.54 Å². The summed E-state index contributed by atoms with van der Waals surface area (Å²) in [6.07, 6.45) is 5.89. The summed E-state index contributed by atoms with van der Waals surface area (Å²) >= 11 is 0. The molecule has 1 N–H and O–H groups in total. The van der Waals surface area contributed by atoms with Gasteiger partial charge in [0, 0.05) is 31.7 Å². The molecule has 0 saturated carbocycles. The molecule has 4 rings (SSSR count). The highest BCUT2D eigenvalue weighted by Gasteiger charge is 2.54. The molecule has 37 heavy (non-hydrogen) atoms. The molecule has 198 valence electrons.